The Labute approximate surface area is 144 Å². The molecule has 0 bridgehead atoms. The van der Waals surface area contributed by atoms with E-state index in [0.29, 0.717) is 18.9 Å². The zero-order valence-electron chi connectivity index (χ0n) is 13.8. The van der Waals surface area contributed by atoms with Gasteiger partial charge in [0.15, 0.2) is 11.6 Å². The second-order valence-electron chi connectivity index (χ2n) is 6.04. The fourth-order valence-corrected chi connectivity index (χ4v) is 2.93. The van der Waals surface area contributed by atoms with Crippen LogP contribution in [0.15, 0.2) is 30.3 Å². The molecule has 8 heteroatoms. The normalized spacial score (nSPS) is 16.5. The van der Waals surface area contributed by atoms with Gasteiger partial charge in [-0.25, -0.2) is 14.2 Å². The van der Waals surface area contributed by atoms with E-state index < -0.39 is 17.4 Å². The molecule has 0 radical (unpaired) electrons. The Bertz CT molecular complexity index is 771. The van der Waals surface area contributed by atoms with Crippen molar-refractivity contribution < 1.29 is 19.0 Å². The van der Waals surface area contributed by atoms with Gasteiger partial charge >= 0.3 is 5.97 Å². The van der Waals surface area contributed by atoms with Crippen molar-refractivity contribution in [1.82, 2.24) is 9.97 Å². The predicted octanol–water partition coefficient (Wildman–Crippen LogP) is 2.01. The lowest BCUT2D eigenvalue weighted by Crippen LogP contribution is -2.53. The quantitative estimate of drug-likeness (QED) is 0.873. The fraction of sp³-hybridized carbons (Fsp3) is 0.353. The van der Waals surface area contributed by atoms with Crippen molar-refractivity contribution in [1.29, 1.82) is 0 Å². The molecule has 1 aliphatic heterocycles. The van der Waals surface area contributed by atoms with Crippen LogP contribution < -0.4 is 15.4 Å². The number of para-hydroxylation sites is 1. The average molecular weight is 346 g/mol. The lowest BCUT2D eigenvalue weighted by atomic mass is 9.91. The smallest absolute Gasteiger partial charge is 0.348 e. The van der Waals surface area contributed by atoms with E-state index in [4.69, 9.17) is 10.5 Å². The molecule has 0 unspecified atom stereocenters. The topological polar surface area (TPSA) is 102 Å². The van der Waals surface area contributed by atoms with E-state index in [1.165, 1.54) is 18.2 Å². The first-order valence-electron chi connectivity index (χ1n) is 7.93. The molecule has 0 saturated carbocycles. The highest BCUT2D eigenvalue weighted by atomic mass is 19.1. The Morgan fingerprint density at radius 1 is 1.32 bits per heavy atom. The van der Waals surface area contributed by atoms with Crippen LogP contribution >= 0.6 is 0 Å². The van der Waals surface area contributed by atoms with Crippen LogP contribution in [0.4, 0.5) is 16.2 Å². The second kappa shape index (κ2) is 6.54. The number of benzene rings is 1. The molecule has 3 N–H and O–H groups in total. The largest absolute Gasteiger partial charge is 0.478 e. The summed E-state index contributed by atoms with van der Waals surface area (Å²) in [6.07, 6.45) is 0.388. The van der Waals surface area contributed by atoms with Crippen LogP contribution in [0.3, 0.4) is 0 Å². The monoisotopic (exact) mass is 346 g/mol. The molecule has 1 saturated heterocycles. The van der Waals surface area contributed by atoms with Gasteiger partial charge in [-0.05, 0) is 19.1 Å². The molecule has 7 nitrogen and oxygen atoms in total. The van der Waals surface area contributed by atoms with Crippen molar-refractivity contribution in [3.05, 3.63) is 41.8 Å². The van der Waals surface area contributed by atoms with E-state index in [0.717, 1.165) is 5.69 Å². The number of nitrogen functional groups attached to an aromatic ring is 1. The van der Waals surface area contributed by atoms with E-state index >= 15 is 0 Å². The summed E-state index contributed by atoms with van der Waals surface area (Å²) in [5, 5.41) is 9.67. The Hall–Kier alpha value is -2.90. The minimum Gasteiger partial charge on any atom is -0.478 e. The molecule has 0 amide bonds. The van der Waals surface area contributed by atoms with Crippen molar-refractivity contribution in [2.45, 2.75) is 25.4 Å². The van der Waals surface area contributed by atoms with Crippen LogP contribution in [-0.2, 0) is 4.79 Å². The van der Waals surface area contributed by atoms with Crippen molar-refractivity contribution >= 4 is 17.7 Å². The molecule has 0 aliphatic carbocycles. The molecule has 0 spiro atoms. The Kier molecular flexibility index (Phi) is 4.43. The van der Waals surface area contributed by atoms with Crippen molar-refractivity contribution in [2.75, 3.05) is 23.7 Å². The maximum Gasteiger partial charge on any atom is 0.348 e. The van der Waals surface area contributed by atoms with E-state index in [-0.39, 0.29) is 24.5 Å². The maximum atomic E-state index is 13.8. The number of halogens is 1. The first-order chi connectivity index (χ1) is 11.9. The molecule has 2 heterocycles. The number of piperidine rings is 1. The molecule has 1 aromatic heterocycles. The number of nitrogens with two attached hydrogens (primary N) is 1. The van der Waals surface area contributed by atoms with Crippen molar-refractivity contribution in [2.24, 2.45) is 0 Å². The summed E-state index contributed by atoms with van der Waals surface area (Å²) in [6.45, 7) is 2.61. The highest BCUT2D eigenvalue weighted by Gasteiger charge is 2.44. The third-order valence-corrected chi connectivity index (χ3v) is 4.28. The number of nitrogens with zero attached hydrogens (tertiary/aromatic N) is 3. The Morgan fingerprint density at radius 3 is 2.60 bits per heavy atom. The molecule has 3 rings (SSSR count). The number of carboxylic acid groups (broad SMARTS) is 1. The predicted molar refractivity (Wildman–Crippen MR) is 90.0 cm³/mol. The SMILES string of the molecule is Cc1cc(N2CCC(Oc3ccccc3F)(C(=O)O)CC2)nc(N)n1. The van der Waals surface area contributed by atoms with E-state index in [1.807, 2.05) is 11.8 Å². The lowest BCUT2D eigenvalue weighted by Gasteiger charge is -2.39. The number of aromatic nitrogens is 2. The van der Waals surface area contributed by atoms with Crippen LogP contribution in [0.2, 0.25) is 0 Å². The molecule has 1 aliphatic rings. The Balaban J connectivity index is 1.79. The van der Waals surface area contributed by atoms with Crippen LogP contribution in [-0.4, -0.2) is 39.7 Å². The standard InChI is InChI=1S/C17H19FN4O3/c1-11-10-14(21-16(19)20-11)22-8-6-17(7-9-22,15(23)24)25-13-5-3-2-4-12(13)18/h2-5,10H,6-9H2,1H3,(H,23,24)(H2,19,20,21). The summed E-state index contributed by atoms with van der Waals surface area (Å²) in [4.78, 5) is 22.0. The van der Waals surface area contributed by atoms with E-state index in [9.17, 15) is 14.3 Å². The van der Waals surface area contributed by atoms with Gasteiger partial charge in [0, 0.05) is 37.7 Å². The van der Waals surface area contributed by atoms with Gasteiger partial charge in [0.2, 0.25) is 11.5 Å². The van der Waals surface area contributed by atoms with Crippen molar-refractivity contribution in [3.63, 3.8) is 0 Å². The van der Waals surface area contributed by atoms with Gasteiger partial charge in [-0.3, -0.25) is 0 Å². The van der Waals surface area contributed by atoms with E-state index in [2.05, 4.69) is 9.97 Å². The molecule has 25 heavy (non-hydrogen) atoms. The number of rotatable bonds is 4. The molecular formula is C17H19FN4O3. The Morgan fingerprint density at radius 2 is 2.00 bits per heavy atom. The van der Waals surface area contributed by atoms with Gasteiger partial charge in [0.05, 0.1) is 0 Å². The summed E-state index contributed by atoms with van der Waals surface area (Å²) in [7, 11) is 0. The van der Waals surface area contributed by atoms with Crippen molar-refractivity contribution in [3.8, 4) is 5.75 Å². The zero-order chi connectivity index (χ0) is 18.0. The maximum absolute atomic E-state index is 13.8. The lowest BCUT2D eigenvalue weighted by molar-refractivity contribution is -0.157. The number of hydrogen-bond acceptors (Lipinski definition) is 6. The average Bonchev–Trinajstić information content (AvgIpc) is 2.56. The van der Waals surface area contributed by atoms with Gasteiger partial charge in [-0.2, -0.15) is 4.98 Å². The summed E-state index contributed by atoms with van der Waals surface area (Å²) in [6, 6.07) is 7.60. The molecule has 1 aromatic carbocycles. The zero-order valence-corrected chi connectivity index (χ0v) is 13.8. The number of carbonyl (C=O) groups is 1. The first-order valence-corrected chi connectivity index (χ1v) is 7.93. The summed E-state index contributed by atoms with van der Waals surface area (Å²) in [5.74, 6) is -0.915. The summed E-state index contributed by atoms with van der Waals surface area (Å²) in [5.41, 5.74) is 4.95. The molecule has 0 atom stereocenters. The number of hydrogen-bond donors (Lipinski definition) is 2. The fourth-order valence-electron chi connectivity index (χ4n) is 2.93. The molecule has 1 fully saturated rings. The van der Waals surface area contributed by atoms with Gasteiger partial charge in [-0.1, -0.05) is 12.1 Å². The van der Waals surface area contributed by atoms with Crippen LogP contribution in [0.1, 0.15) is 18.5 Å². The minimum absolute atomic E-state index is 0.0551. The summed E-state index contributed by atoms with van der Waals surface area (Å²) >= 11 is 0. The number of carboxylic acids is 1. The van der Waals surface area contributed by atoms with Gasteiger partial charge in [0.25, 0.3) is 0 Å². The van der Waals surface area contributed by atoms with Gasteiger partial charge < -0.3 is 20.5 Å². The first kappa shape index (κ1) is 16.9. The molecule has 132 valence electrons. The number of aryl methyl sites for hydroxylation is 1. The molecular weight excluding hydrogens is 327 g/mol. The number of aliphatic carboxylic acids is 1. The van der Waals surface area contributed by atoms with Crippen LogP contribution in [0.5, 0.6) is 5.75 Å². The van der Waals surface area contributed by atoms with Crippen LogP contribution in [0, 0.1) is 12.7 Å². The number of anilines is 2. The highest BCUT2D eigenvalue weighted by Crippen LogP contribution is 2.32. The second-order valence-corrected chi connectivity index (χ2v) is 6.04. The van der Waals surface area contributed by atoms with E-state index in [1.54, 1.807) is 12.1 Å². The summed E-state index contributed by atoms with van der Waals surface area (Å²) < 4.78 is 19.5. The molecule has 2 aromatic rings. The van der Waals surface area contributed by atoms with Crippen LogP contribution in [0.25, 0.3) is 0 Å². The van der Waals surface area contributed by atoms with Gasteiger partial charge in [0.1, 0.15) is 5.82 Å². The minimum atomic E-state index is -1.47. The third-order valence-electron chi connectivity index (χ3n) is 4.28. The number of ether oxygens (including phenoxy) is 1. The third kappa shape index (κ3) is 3.47. The van der Waals surface area contributed by atoms with Gasteiger partial charge in [-0.15, -0.1) is 0 Å². The highest BCUT2D eigenvalue weighted by molar-refractivity contribution is 5.78.